The number of rotatable bonds is 5. The number of amides is 1. The van der Waals surface area contributed by atoms with Gasteiger partial charge in [-0.05, 0) is 57.9 Å². The molecule has 0 aliphatic carbocycles. The molecule has 0 radical (unpaired) electrons. The van der Waals surface area contributed by atoms with Crippen LogP contribution in [0.1, 0.15) is 45.7 Å². The Bertz CT molecular complexity index is 634. The van der Waals surface area contributed by atoms with Gasteiger partial charge >= 0.3 is 6.09 Å². The van der Waals surface area contributed by atoms with Gasteiger partial charge in [0.2, 0.25) is 0 Å². The topological polar surface area (TPSA) is 78.8 Å². The van der Waals surface area contributed by atoms with Gasteiger partial charge in [-0.1, -0.05) is 24.8 Å². The molecular formula is C19H27NO4. The van der Waals surface area contributed by atoms with Crippen molar-refractivity contribution in [3.63, 3.8) is 0 Å². The maximum atomic E-state index is 11.7. The highest BCUT2D eigenvalue weighted by molar-refractivity contribution is 5.77. The highest BCUT2D eigenvalue weighted by Gasteiger charge is 2.16. The molecule has 1 aromatic carbocycles. The number of nitrogens with one attached hydrogen (secondary N) is 1. The molecule has 0 bridgehead atoms. The van der Waals surface area contributed by atoms with E-state index < -0.39 is 17.3 Å². The highest BCUT2D eigenvalue weighted by atomic mass is 16.6. The van der Waals surface area contributed by atoms with Crippen LogP contribution in [-0.2, 0) is 11.3 Å². The zero-order valence-corrected chi connectivity index (χ0v) is 15.0. The lowest BCUT2D eigenvalue weighted by Gasteiger charge is -2.20. The fourth-order valence-electron chi connectivity index (χ4n) is 2.02. The predicted octanol–water partition coefficient (Wildman–Crippen LogP) is 3.94. The van der Waals surface area contributed by atoms with Gasteiger partial charge in [0.1, 0.15) is 11.4 Å². The predicted molar refractivity (Wildman–Crippen MR) is 95.6 cm³/mol. The van der Waals surface area contributed by atoms with Crippen LogP contribution in [0.5, 0.6) is 0 Å². The minimum atomic E-state index is -1.09. The van der Waals surface area contributed by atoms with Crippen LogP contribution < -0.4 is 5.32 Å². The SMILES string of the molecule is C=C(O)/C(=C\C(C)(C)O)c1cccc(CNC(=O)OC(C)(C)C)c1. The molecule has 0 fully saturated rings. The van der Waals surface area contributed by atoms with E-state index in [1.807, 2.05) is 18.2 Å². The van der Waals surface area contributed by atoms with Crippen LogP contribution in [0.2, 0.25) is 0 Å². The average molecular weight is 333 g/mol. The van der Waals surface area contributed by atoms with Gasteiger partial charge in [0.15, 0.2) is 0 Å². The molecule has 0 spiro atoms. The molecule has 0 aliphatic heterocycles. The van der Waals surface area contributed by atoms with Crippen molar-refractivity contribution in [3.8, 4) is 0 Å². The fourth-order valence-corrected chi connectivity index (χ4v) is 2.02. The van der Waals surface area contributed by atoms with Gasteiger partial charge in [0, 0.05) is 12.1 Å². The summed E-state index contributed by atoms with van der Waals surface area (Å²) in [6.45, 7) is 12.5. The van der Waals surface area contributed by atoms with Crippen molar-refractivity contribution >= 4 is 11.7 Å². The van der Waals surface area contributed by atoms with Crippen molar-refractivity contribution in [2.75, 3.05) is 0 Å². The van der Waals surface area contributed by atoms with Crippen LogP contribution in [0, 0.1) is 0 Å². The largest absolute Gasteiger partial charge is 0.508 e. The minimum absolute atomic E-state index is 0.130. The monoisotopic (exact) mass is 333 g/mol. The average Bonchev–Trinajstić information content (AvgIpc) is 2.40. The van der Waals surface area contributed by atoms with Gasteiger partial charge in [-0.2, -0.15) is 0 Å². The molecule has 5 nitrogen and oxygen atoms in total. The molecular weight excluding hydrogens is 306 g/mol. The Morgan fingerprint density at radius 1 is 1.29 bits per heavy atom. The van der Waals surface area contributed by atoms with E-state index in [4.69, 9.17) is 4.74 Å². The first-order chi connectivity index (χ1) is 10.9. The molecule has 3 N–H and O–H groups in total. The number of aliphatic hydroxyl groups excluding tert-OH is 1. The van der Waals surface area contributed by atoms with Gasteiger partial charge in [0.05, 0.1) is 5.60 Å². The zero-order chi connectivity index (χ0) is 18.5. The second-order valence-electron chi connectivity index (χ2n) is 7.21. The standard InChI is InChI=1S/C19H27NO4/c1-13(21)16(11-19(5,6)23)15-9-7-8-14(10-15)12-20-17(22)24-18(2,3)4/h7-11,21,23H,1,12H2,2-6H3,(H,20,22)/b16-11+. The summed E-state index contributed by atoms with van der Waals surface area (Å²) in [7, 11) is 0. The summed E-state index contributed by atoms with van der Waals surface area (Å²) < 4.78 is 5.19. The first kappa shape index (κ1) is 19.8. The lowest BCUT2D eigenvalue weighted by Crippen LogP contribution is -2.32. The number of ether oxygens (including phenoxy) is 1. The molecule has 0 aromatic heterocycles. The lowest BCUT2D eigenvalue weighted by atomic mass is 9.97. The Balaban J connectivity index is 2.92. The van der Waals surface area contributed by atoms with E-state index in [0.717, 1.165) is 5.56 Å². The maximum absolute atomic E-state index is 11.7. The van der Waals surface area contributed by atoms with E-state index in [1.54, 1.807) is 40.7 Å². The lowest BCUT2D eigenvalue weighted by molar-refractivity contribution is 0.0523. The Morgan fingerprint density at radius 3 is 2.42 bits per heavy atom. The number of carbonyl (C=O) groups excluding carboxylic acids is 1. The second-order valence-corrected chi connectivity index (χ2v) is 7.21. The number of allylic oxidation sites excluding steroid dienone is 1. The van der Waals surface area contributed by atoms with Crippen molar-refractivity contribution < 1.29 is 19.7 Å². The molecule has 5 heteroatoms. The number of carbonyl (C=O) groups is 1. The summed E-state index contributed by atoms with van der Waals surface area (Å²) in [5.74, 6) is -0.130. The number of benzene rings is 1. The van der Waals surface area contributed by atoms with E-state index in [1.165, 1.54) is 6.08 Å². The minimum Gasteiger partial charge on any atom is -0.508 e. The molecule has 0 unspecified atom stereocenters. The summed E-state index contributed by atoms with van der Waals surface area (Å²) in [6, 6.07) is 7.28. The Morgan fingerprint density at radius 2 is 1.92 bits per heavy atom. The van der Waals surface area contributed by atoms with E-state index in [9.17, 15) is 15.0 Å². The summed E-state index contributed by atoms with van der Waals surface area (Å²) in [5.41, 5.74) is 0.338. The Hall–Kier alpha value is -2.27. The van der Waals surface area contributed by atoms with Gasteiger partial charge in [-0.25, -0.2) is 4.79 Å². The normalized spacial score (nSPS) is 12.7. The molecule has 24 heavy (non-hydrogen) atoms. The van der Waals surface area contributed by atoms with Gasteiger partial charge < -0.3 is 20.3 Å². The third kappa shape index (κ3) is 7.33. The first-order valence-corrected chi connectivity index (χ1v) is 7.77. The first-order valence-electron chi connectivity index (χ1n) is 7.77. The van der Waals surface area contributed by atoms with E-state index in [2.05, 4.69) is 11.9 Å². The molecule has 0 saturated carbocycles. The molecule has 0 atom stereocenters. The number of aliphatic hydroxyl groups is 2. The third-order valence-corrected chi connectivity index (χ3v) is 2.88. The van der Waals surface area contributed by atoms with Gasteiger partial charge in [0.25, 0.3) is 0 Å². The highest BCUT2D eigenvalue weighted by Crippen LogP contribution is 2.24. The van der Waals surface area contributed by atoms with Crippen LogP contribution in [0.3, 0.4) is 0 Å². The fraction of sp³-hybridized carbons (Fsp3) is 0.421. The molecule has 132 valence electrons. The van der Waals surface area contributed by atoms with Crippen LogP contribution in [0.15, 0.2) is 42.7 Å². The van der Waals surface area contributed by atoms with Crippen LogP contribution >= 0.6 is 0 Å². The second kappa shape index (κ2) is 7.53. The molecule has 0 saturated heterocycles. The van der Waals surface area contributed by atoms with E-state index >= 15 is 0 Å². The van der Waals surface area contributed by atoms with E-state index in [-0.39, 0.29) is 12.3 Å². The number of alkyl carbamates (subject to hydrolysis) is 1. The van der Waals surface area contributed by atoms with Gasteiger partial charge in [-0.15, -0.1) is 0 Å². The molecule has 0 aliphatic rings. The van der Waals surface area contributed by atoms with Crippen LogP contribution in [0.4, 0.5) is 4.79 Å². The smallest absolute Gasteiger partial charge is 0.407 e. The Labute approximate surface area is 143 Å². The number of hydrogen-bond donors (Lipinski definition) is 3. The quantitative estimate of drug-likeness (QED) is 0.563. The van der Waals surface area contributed by atoms with Crippen molar-refractivity contribution in [2.45, 2.75) is 52.4 Å². The van der Waals surface area contributed by atoms with E-state index in [0.29, 0.717) is 11.1 Å². The summed E-state index contributed by atoms with van der Waals surface area (Å²) >= 11 is 0. The van der Waals surface area contributed by atoms with Crippen LogP contribution in [0.25, 0.3) is 5.57 Å². The summed E-state index contributed by atoms with van der Waals surface area (Å²) in [4.78, 5) is 11.7. The summed E-state index contributed by atoms with van der Waals surface area (Å²) in [5, 5.41) is 22.4. The molecule has 1 amide bonds. The number of hydrogen-bond acceptors (Lipinski definition) is 4. The Kier molecular flexibility index (Phi) is 6.21. The van der Waals surface area contributed by atoms with Crippen molar-refractivity contribution in [2.24, 2.45) is 0 Å². The van der Waals surface area contributed by atoms with Crippen molar-refractivity contribution in [1.29, 1.82) is 0 Å². The molecule has 0 heterocycles. The maximum Gasteiger partial charge on any atom is 0.407 e. The molecule has 1 aromatic rings. The third-order valence-electron chi connectivity index (χ3n) is 2.88. The van der Waals surface area contributed by atoms with Crippen LogP contribution in [-0.4, -0.2) is 27.5 Å². The van der Waals surface area contributed by atoms with Crippen molar-refractivity contribution in [3.05, 3.63) is 53.8 Å². The van der Waals surface area contributed by atoms with Gasteiger partial charge in [-0.3, -0.25) is 0 Å². The summed E-state index contributed by atoms with van der Waals surface area (Å²) in [6.07, 6.45) is 1.04. The van der Waals surface area contributed by atoms with Crippen molar-refractivity contribution in [1.82, 2.24) is 5.32 Å². The zero-order valence-electron chi connectivity index (χ0n) is 15.0. The molecule has 1 rings (SSSR count).